The van der Waals surface area contributed by atoms with E-state index in [0.29, 0.717) is 43.9 Å². The largest absolute Gasteiger partial charge is 0.494 e. The average molecular weight is 465 g/mol. The molecule has 1 fully saturated rings. The van der Waals surface area contributed by atoms with Crippen molar-refractivity contribution in [3.05, 3.63) is 64.6 Å². The van der Waals surface area contributed by atoms with Crippen molar-refractivity contribution in [2.24, 2.45) is 5.92 Å². The number of rotatable bonds is 7. The van der Waals surface area contributed by atoms with E-state index in [1.165, 1.54) is 0 Å². The summed E-state index contributed by atoms with van der Waals surface area (Å²) in [6.07, 6.45) is 1.37. The number of nitrogens with one attached hydrogen (secondary N) is 2. The molecule has 2 amide bonds. The first kappa shape index (κ1) is 23.6. The number of ether oxygens (including phenoxy) is 1. The summed E-state index contributed by atoms with van der Waals surface area (Å²) >= 11 is 0. The van der Waals surface area contributed by atoms with Crippen LogP contribution in [0.1, 0.15) is 50.0 Å². The Bertz CT molecular complexity index is 1200. The van der Waals surface area contributed by atoms with Gasteiger partial charge in [-0.3, -0.25) is 14.2 Å². The minimum atomic E-state index is -0.619. The Kier molecular flexibility index (Phi) is 7.05. The summed E-state index contributed by atoms with van der Waals surface area (Å²) in [5, 5.41) is 2.92. The maximum atomic E-state index is 13.3. The number of hydrogen-bond donors (Lipinski definition) is 2. The lowest BCUT2D eigenvalue weighted by Gasteiger charge is -2.35. The molecule has 1 aromatic heterocycles. The van der Waals surface area contributed by atoms with E-state index < -0.39 is 6.04 Å². The van der Waals surface area contributed by atoms with Crippen LogP contribution in [-0.2, 0) is 4.79 Å². The number of para-hydroxylation sites is 2. The molecule has 34 heavy (non-hydrogen) atoms. The van der Waals surface area contributed by atoms with E-state index >= 15 is 0 Å². The second kappa shape index (κ2) is 10.2. The molecule has 180 valence electrons. The lowest BCUT2D eigenvalue weighted by molar-refractivity contribution is -0.135. The first-order valence-electron chi connectivity index (χ1n) is 11.9. The Morgan fingerprint density at radius 2 is 1.76 bits per heavy atom. The van der Waals surface area contributed by atoms with Crippen LogP contribution in [0.25, 0.3) is 11.0 Å². The molecule has 8 heteroatoms. The van der Waals surface area contributed by atoms with Gasteiger partial charge in [-0.25, -0.2) is 4.79 Å². The molecule has 2 N–H and O–H groups in total. The van der Waals surface area contributed by atoms with Crippen molar-refractivity contribution in [2.75, 3.05) is 19.7 Å². The van der Waals surface area contributed by atoms with Crippen LogP contribution in [0.2, 0.25) is 0 Å². The number of likely N-dealkylation sites (tertiary alicyclic amines) is 1. The van der Waals surface area contributed by atoms with Crippen LogP contribution in [-0.4, -0.2) is 52.0 Å². The summed E-state index contributed by atoms with van der Waals surface area (Å²) in [6.45, 7) is 7.40. The van der Waals surface area contributed by atoms with Crippen molar-refractivity contribution >= 4 is 22.8 Å². The van der Waals surface area contributed by atoms with Crippen molar-refractivity contribution in [3.8, 4) is 5.75 Å². The highest BCUT2D eigenvalue weighted by molar-refractivity contribution is 5.97. The third-order valence-electron chi connectivity index (χ3n) is 6.41. The van der Waals surface area contributed by atoms with Crippen molar-refractivity contribution in [1.82, 2.24) is 19.8 Å². The highest BCUT2D eigenvalue weighted by Crippen LogP contribution is 2.25. The van der Waals surface area contributed by atoms with Gasteiger partial charge in [0.15, 0.2) is 0 Å². The Hall–Kier alpha value is -3.55. The normalized spacial score (nSPS) is 15.5. The van der Waals surface area contributed by atoms with E-state index in [2.05, 4.69) is 10.3 Å². The van der Waals surface area contributed by atoms with Gasteiger partial charge in [0.05, 0.1) is 17.6 Å². The van der Waals surface area contributed by atoms with Crippen molar-refractivity contribution in [2.45, 2.75) is 45.7 Å². The molecular formula is C26H32N4O4. The van der Waals surface area contributed by atoms with Crippen molar-refractivity contribution < 1.29 is 14.3 Å². The van der Waals surface area contributed by atoms with Gasteiger partial charge in [-0.15, -0.1) is 0 Å². The van der Waals surface area contributed by atoms with E-state index in [-0.39, 0.29) is 29.5 Å². The summed E-state index contributed by atoms with van der Waals surface area (Å²) in [4.78, 5) is 43.4. The summed E-state index contributed by atoms with van der Waals surface area (Å²) in [7, 11) is 0. The number of H-pyrrole nitrogens is 1. The number of piperidine rings is 1. The standard InChI is InChI=1S/C26H32N4O4/c1-4-34-20-11-9-18(10-12-20)24(31)28-23(17(2)3)25(32)29-15-13-19(14-16-29)30-22-8-6-5-7-21(22)27-26(30)33/h5-12,17,19,23H,4,13-16H2,1-3H3,(H,27,33)(H,28,31)/t23-/m0/s1. The van der Waals surface area contributed by atoms with Crippen LogP contribution in [0, 0.1) is 5.92 Å². The summed E-state index contributed by atoms with van der Waals surface area (Å²) in [6, 6.07) is 14.0. The zero-order valence-electron chi connectivity index (χ0n) is 19.9. The van der Waals surface area contributed by atoms with E-state index in [9.17, 15) is 14.4 Å². The number of hydrogen-bond acceptors (Lipinski definition) is 4. The number of carbonyl (C=O) groups is 2. The Morgan fingerprint density at radius 1 is 1.09 bits per heavy atom. The molecule has 8 nitrogen and oxygen atoms in total. The summed E-state index contributed by atoms with van der Waals surface area (Å²) in [5.41, 5.74) is 2.08. The molecule has 2 aromatic carbocycles. The first-order chi connectivity index (χ1) is 16.4. The average Bonchev–Trinajstić information content (AvgIpc) is 3.18. The fourth-order valence-electron chi connectivity index (χ4n) is 4.59. The molecule has 1 saturated heterocycles. The number of nitrogens with zero attached hydrogens (tertiary/aromatic N) is 2. The van der Waals surface area contributed by atoms with E-state index in [4.69, 9.17) is 4.74 Å². The van der Waals surface area contributed by atoms with E-state index in [1.54, 1.807) is 29.2 Å². The molecule has 0 bridgehead atoms. The second-order valence-electron chi connectivity index (χ2n) is 9.03. The number of aromatic nitrogens is 2. The molecular weight excluding hydrogens is 432 g/mol. The number of carbonyl (C=O) groups excluding carboxylic acids is 2. The highest BCUT2D eigenvalue weighted by Gasteiger charge is 2.32. The molecule has 0 unspecified atom stereocenters. The van der Waals surface area contributed by atoms with Gasteiger partial charge in [0.2, 0.25) is 5.91 Å². The third kappa shape index (κ3) is 4.85. The van der Waals surface area contributed by atoms with Crippen molar-refractivity contribution in [1.29, 1.82) is 0 Å². The van der Waals surface area contributed by atoms with Crippen molar-refractivity contribution in [3.63, 3.8) is 0 Å². The fraction of sp³-hybridized carbons (Fsp3) is 0.423. The summed E-state index contributed by atoms with van der Waals surface area (Å²) < 4.78 is 7.24. The zero-order valence-corrected chi connectivity index (χ0v) is 19.9. The van der Waals surface area contributed by atoms with Gasteiger partial charge in [-0.2, -0.15) is 0 Å². The maximum absolute atomic E-state index is 13.3. The topological polar surface area (TPSA) is 96.4 Å². The monoisotopic (exact) mass is 464 g/mol. The van der Waals surface area contributed by atoms with Gasteiger partial charge < -0.3 is 19.9 Å². The lowest BCUT2D eigenvalue weighted by atomic mass is 9.99. The highest BCUT2D eigenvalue weighted by atomic mass is 16.5. The van der Waals surface area contributed by atoms with Crippen LogP contribution in [0.15, 0.2) is 53.3 Å². The SMILES string of the molecule is CCOc1ccc(C(=O)N[C@H](C(=O)N2CCC(n3c(=O)[nH]c4ccccc43)CC2)C(C)C)cc1. The third-order valence-corrected chi connectivity index (χ3v) is 6.41. The molecule has 0 aliphatic carbocycles. The fourth-order valence-corrected chi connectivity index (χ4v) is 4.59. The zero-order chi connectivity index (χ0) is 24.2. The predicted octanol–water partition coefficient (Wildman–Crippen LogP) is 3.35. The molecule has 2 heterocycles. The van der Waals surface area contributed by atoms with E-state index in [1.807, 2.05) is 49.6 Å². The molecule has 1 atom stereocenters. The molecule has 0 saturated carbocycles. The van der Waals surface area contributed by atoms with Crippen LogP contribution in [0.5, 0.6) is 5.75 Å². The van der Waals surface area contributed by atoms with Gasteiger partial charge in [0.25, 0.3) is 5.91 Å². The van der Waals surface area contributed by atoms with Crippen LogP contribution in [0.3, 0.4) is 0 Å². The number of benzene rings is 2. The first-order valence-corrected chi connectivity index (χ1v) is 11.9. The second-order valence-corrected chi connectivity index (χ2v) is 9.03. The molecule has 0 radical (unpaired) electrons. The molecule has 4 rings (SSSR count). The maximum Gasteiger partial charge on any atom is 0.326 e. The number of amides is 2. The van der Waals surface area contributed by atoms with Gasteiger partial charge in [-0.05, 0) is 62.1 Å². The number of imidazole rings is 1. The van der Waals surface area contributed by atoms with E-state index in [0.717, 1.165) is 11.0 Å². The van der Waals surface area contributed by atoms with Crippen LogP contribution in [0.4, 0.5) is 0 Å². The lowest BCUT2D eigenvalue weighted by Crippen LogP contribution is -2.53. The van der Waals surface area contributed by atoms with Gasteiger partial charge in [0, 0.05) is 24.7 Å². The number of fused-ring (bicyclic) bond motifs is 1. The molecule has 0 spiro atoms. The summed E-state index contributed by atoms with van der Waals surface area (Å²) in [5.74, 6) is 0.273. The minimum absolute atomic E-state index is 0.0312. The van der Waals surface area contributed by atoms with Gasteiger partial charge in [-0.1, -0.05) is 26.0 Å². The predicted molar refractivity (Wildman–Crippen MR) is 131 cm³/mol. The van der Waals surface area contributed by atoms with Gasteiger partial charge >= 0.3 is 5.69 Å². The Morgan fingerprint density at radius 3 is 2.41 bits per heavy atom. The smallest absolute Gasteiger partial charge is 0.326 e. The minimum Gasteiger partial charge on any atom is -0.494 e. The Labute approximate surface area is 198 Å². The van der Waals surface area contributed by atoms with Gasteiger partial charge in [0.1, 0.15) is 11.8 Å². The quantitative estimate of drug-likeness (QED) is 0.561. The molecule has 1 aliphatic heterocycles. The number of aromatic amines is 1. The molecule has 3 aromatic rings. The Balaban J connectivity index is 1.41. The molecule has 1 aliphatic rings. The van der Waals surface area contributed by atoms with Crippen LogP contribution < -0.4 is 15.7 Å². The van der Waals surface area contributed by atoms with Crippen LogP contribution >= 0.6 is 0 Å².